The van der Waals surface area contributed by atoms with Gasteiger partial charge in [0.25, 0.3) is 0 Å². The first-order chi connectivity index (χ1) is 11.0. The molecule has 0 heterocycles. The highest BCUT2D eigenvalue weighted by Crippen LogP contribution is 2.49. The Labute approximate surface area is 136 Å². The van der Waals surface area contributed by atoms with Crippen LogP contribution in [0.3, 0.4) is 0 Å². The van der Waals surface area contributed by atoms with E-state index in [0.29, 0.717) is 18.4 Å². The minimum Gasteiger partial charge on any atom is -0.478 e. The third kappa shape index (κ3) is 3.77. The Morgan fingerprint density at radius 3 is 2.25 bits per heavy atom. The first kappa shape index (κ1) is 18.0. The maximum absolute atomic E-state index is 12.7. The number of hydrogen-bond donors (Lipinski definition) is 1. The average molecular weight is 342 g/mol. The molecule has 1 fully saturated rings. The normalized spacial score (nSPS) is 23.2. The molecule has 7 heteroatoms. The fourth-order valence-corrected chi connectivity index (χ4v) is 2.91. The number of benzene rings is 1. The molecule has 130 valence electrons. The standard InChI is InChI=1S/C17H17F3O4/c1-10-8-16(9-10,24-14(21)7-11(2)15(22)23)12-3-5-13(6-4-12)17(18,19)20/h3-6,10H,2,7-9H2,1H3,(H,22,23). The van der Waals surface area contributed by atoms with E-state index in [0.717, 1.165) is 12.1 Å². The lowest BCUT2D eigenvalue weighted by atomic mass is 9.68. The Bertz CT molecular complexity index is 655. The third-order valence-electron chi connectivity index (χ3n) is 4.06. The molecular weight excluding hydrogens is 325 g/mol. The number of ether oxygens (including phenoxy) is 1. The summed E-state index contributed by atoms with van der Waals surface area (Å²) in [6.45, 7) is 5.21. The third-order valence-corrected chi connectivity index (χ3v) is 4.06. The van der Waals surface area contributed by atoms with E-state index < -0.39 is 35.7 Å². The van der Waals surface area contributed by atoms with Crippen molar-refractivity contribution in [3.05, 3.63) is 47.5 Å². The van der Waals surface area contributed by atoms with Crippen molar-refractivity contribution in [2.45, 2.75) is 38.0 Å². The molecule has 0 radical (unpaired) electrons. The lowest BCUT2D eigenvalue weighted by Gasteiger charge is -2.46. The van der Waals surface area contributed by atoms with Crippen LogP contribution in [0.1, 0.15) is 37.3 Å². The quantitative estimate of drug-likeness (QED) is 0.651. The summed E-state index contributed by atoms with van der Waals surface area (Å²) in [7, 11) is 0. The second-order valence-electron chi connectivity index (χ2n) is 6.14. The average Bonchev–Trinajstić information content (AvgIpc) is 2.44. The molecule has 24 heavy (non-hydrogen) atoms. The summed E-state index contributed by atoms with van der Waals surface area (Å²) in [6.07, 6.45) is -3.95. The van der Waals surface area contributed by atoms with Gasteiger partial charge >= 0.3 is 18.1 Å². The van der Waals surface area contributed by atoms with Gasteiger partial charge in [-0.1, -0.05) is 25.6 Å². The SMILES string of the molecule is C=C(CC(=O)OC1(c2ccc(C(F)(F)F)cc2)CC(C)C1)C(=O)O. The molecule has 0 atom stereocenters. The molecule has 1 saturated carbocycles. The van der Waals surface area contributed by atoms with Crippen molar-refractivity contribution < 1.29 is 32.6 Å². The van der Waals surface area contributed by atoms with E-state index in [1.54, 1.807) is 0 Å². The lowest BCUT2D eigenvalue weighted by molar-refractivity contribution is -0.178. The minimum atomic E-state index is -4.44. The number of alkyl halides is 3. The molecule has 0 amide bonds. The zero-order valence-corrected chi connectivity index (χ0v) is 13.0. The van der Waals surface area contributed by atoms with Crippen LogP contribution in [0.15, 0.2) is 36.4 Å². The first-order valence-electron chi connectivity index (χ1n) is 7.34. The van der Waals surface area contributed by atoms with Gasteiger partial charge in [0.2, 0.25) is 0 Å². The van der Waals surface area contributed by atoms with Crippen LogP contribution < -0.4 is 0 Å². The lowest BCUT2D eigenvalue weighted by Crippen LogP contribution is -2.44. The molecular formula is C17H17F3O4. The van der Waals surface area contributed by atoms with Gasteiger partial charge in [-0.25, -0.2) is 4.79 Å². The number of halogens is 3. The van der Waals surface area contributed by atoms with Gasteiger partial charge in [0.05, 0.1) is 12.0 Å². The Morgan fingerprint density at radius 2 is 1.83 bits per heavy atom. The molecule has 2 rings (SSSR count). The predicted octanol–water partition coefficient (Wildman–Crippen LogP) is 3.90. The molecule has 1 aliphatic rings. The summed E-state index contributed by atoms with van der Waals surface area (Å²) < 4.78 is 43.4. The Balaban J connectivity index is 2.17. The monoisotopic (exact) mass is 342 g/mol. The number of carboxylic acids is 1. The number of carboxylic acid groups (broad SMARTS) is 1. The van der Waals surface area contributed by atoms with Gasteiger partial charge in [0.15, 0.2) is 0 Å². The van der Waals surface area contributed by atoms with Crippen molar-refractivity contribution in [1.82, 2.24) is 0 Å². The molecule has 0 spiro atoms. The van der Waals surface area contributed by atoms with Gasteiger partial charge in [-0.15, -0.1) is 0 Å². The topological polar surface area (TPSA) is 63.6 Å². The fourth-order valence-electron chi connectivity index (χ4n) is 2.91. The van der Waals surface area contributed by atoms with Crippen molar-refractivity contribution in [2.24, 2.45) is 5.92 Å². The van der Waals surface area contributed by atoms with E-state index in [4.69, 9.17) is 9.84 Å². The van der Waals surface area contributed by atoms with Crippen LogP contribution in [0.2, 0.25) is 0 Å². The molecule has 0 unspecified atom stereocenters. The Kier molecular flexibility index (Phi) is 4.73. The van der Waals surface area contributed by atoms with E-state index >= 15 is 0 Å². The highest BCUT2D eigenvalue weighted by molar-refractivity contribution is 5.91. The van der Waals surface area contributed by atoms with Crippen LogP contribution in [0.4, 0.5) is 13.2 Å². The zero-order valence-electron chi connectivity index (χ0n) is 13.0. The maximum Gasteiger partial charge on any atom is 0.416 e. The summed E-state index contributed by atoms with van der Waals surface area (Å²) in [5.41, 5.74) is -1.60. The van der Waals surface area contributed by atoms with Gasteiger partial charge in [-0.3, -0.25) is 4.79 Å². The molecule has 1 aromatic carbocycles. The van der Waals surface area contributed by atoms with E-state index in [2.05, 4.69) is 6.58 Å². The summed E-state index contributed by atoms with van der Waals surface area (Å²) in [4.78, 5) is 22.7. The smallest absolute Gasteiger partial charge is 0.416 e. The van der Waals surface area contributed by atoms with Crippen molar-refractivity contribution in [1.29, 1.82) is 0 Å². The largest absolute Gasteiger partial charge is 0.478 e. The zero-order chi connectivity index (χ0) is 18.1. The number of rotatable bonds is 5. The van der Waals surface area contributed by atoms with Crippen LogP contribution in [0.5, 0.6) is 0 Å². The summed E-state index contributed by atoms with van der Waals surface area (Å²) >= 11 is 0. The Hall–Kier alpha value is -2.31. The number of carbonyl (C=O) groups excluding carboxylic acids is 1. The maximum atomic E-state index is 12.7. The van der Waals surface area contributed by atoms with E-state index in [9.17, 15) is 22.8 Å². The van der Waals surface area contributed by atoms with E-state index in [-0.39, 0.29) is 11.5 Å². The molecule has 0 aliphatic heterocycles. The molecule has 0 bridgehead atoms. The van der Waals surface area contributed by atoms with E-state index in [1.165, 1.54) is 12.1 Å². The first-order valence-corrected chi connectivity index (χ1v) is 7.34. The van der Waals surface area contributed by atoms with Gasteiger partial charge in [-0.05, 0) is 36.5 Å². The highest BCUT2D eigenvalue weighted by Gasteiger charge is 2.47. The number of hydrogen-bond acceptors (Lipinski definition) is 3. The molecule has 1 N–H and O–H groups in total. The second-order valence-corrected chi connectivity index (χ2v) is 6.14. The second kappa shape index (κ2) is 6.30. The van der Waals surface area contributed by atoms with Crippen LogP contribution in [-0.2, 0) is 26.1 Å². The minimum absolute atomic E-state index is 0.253. The summed E-state index contributed by atoms with van der Waals surface area (Å²) in [5, 5.41) is 8.75. The molecule has 0 saturated heterocycles. The van der Waals surface area contributed by atoms with Crippen molar-refractivity contribution in [3.63, 3.8) is 0 Å². The van der Waals surface area contributed by atoms with Gasteiger partial charge in [-0.2, -0.15) is 13.2 Å². The molecule has 1 aliphatic carbocycles. The number of esters is 1. The summed E-state index contributed by atoms with van der Waals surface area (Å²) in [5.74, 6) is -1.80. The molecule has 1 aromatic rings. The van der Waals surface area contributed by atoms with Crippen molar-refractivity contribution in [3.8, 4) is 0 Å². The fraction of sp³-hybridized carbons (Fsp3) is 0.412. The van der Waals surface area contributed by atoms with Crippen LogP contribution in [0.25, 0.3) is 0 Å². The van der Waals surface area contributed by atoms with Crippen molar-refractivity contribution >= 4 is 11.9 Å². The van der Waals surface area contributed by atoms with E-state index in [1.807, 2.05) is 6.92 Å². The van der Waals surface area contributed by atoms with Gasteiger partial charge < -0.3 is 9.84 Å². The number of carbonyl (C=O) groups is 2. The van der Waals surface area contributed by atoms with Crippen LogP contribution >= 0.6 is 0 Å². The van der Waals surface area contributed by atoms with Crippen LogP contribution in [-0.4, -0.2) is 17.0 Å². The molecule has 4 nitrogen and oxygen atoms in total. The number of aliphatic carboxylic acids is 1. The highest BCUT2D eigenvalue weighted by atomic mass is 19.4. The van der Waals surface area contributed by atoms with Gasteiger partial charge in [0, 0.05) is 5.57 Å². The summed E-state index contributed by atoms with van der Waals surface area (Å²) in [6, 6.07) is 4.50. The van der Waals surface area contributed by atoms with Crippen LogP contribution in [0, 0.1) is 5.92 Å². The van der Waals surface area contributed by atoms with Crippen molar-refractivity contribution in [2.75, 3.05) is 0 Å². The predicted molar refractivity (Wildman–Crippen MR) is 79.0 cm³/mol. The Morgan fingerprint density at radius 1 is 1.29 bits per heavy atom. The van der Waals surface area contributed by atoms with Gasteiger partial charge in [0.1, 0.15) is 5.60 Å². The molecule has 0 aromatic heterocycles.